The van der Waals surface area contributed by atoms with Gasteiger partial charge in [-0.05, 0) is 30.4 Å². The van der Waals surface area contributed by atoms with E-state index in [1.165, 1.54) is 19.3 Å². The van der Waals surface area contributed by atoms with Gasteiger partial charge < -0.3 is 24.8 Å². The fourth-order valence-corrected chi connectivity index (χ4v) is 1.51. The van der Waals surface area contributed by atoms with E-state index in [1.54, 1.807) is 11.1 Å². The molecule has 0 amide bonds. The van der Waals surface area contributed by atoms with Crippen molar-refractivity contribution >= 4 is 0 Å². The number of hydrogen-bond acceptors (Lipinski definition) is 0. The molecule has 2 rings (SSSR count). The molecule has 0 bridgehead atoms. The predicted molar refractivity (Wildman–Crippen MR) is 38.5 cm³/mol. The van der Waals surface area contributed by atoms with E-state index in [0.29, 0.717) is 0 Å². The Balaban J connectivity index is 0. The van der Waals surface area contributed by atoms with E-state index in [2.05, 4.69) is 24.3 Å². The molecule has 68 valence electrons. The van der Waals surface area contributed by atoms with Crippen molar-refractivity contribution in [2.24, 2.45) is 0 Å². The summed E-state index contributed by atoms with van der Waals surface area (Å²) < 4.78 is 0. The van der Waals surface area contributed by atoms with Crippen molar-refractivity contribution in [1.29, 1.82) is 0 Å². The molecule has 0 aromatic heterocycles. The molecule has 0 spiro atoms. The second-order valence-corrected chi connectivity index (χ2v) is 2.62. The Morgan fingerprint density at radius 3 is 1.67 bits per heavy atom. The van der Waals surface area contributed by atoms with Crippen LogP contribution in [0.25, 0.3) is 0 Å². The summed E-state index contributed by atoms with van der Waals surface area (Å²) in [5, 5.41) is 0. The summed E-state index contributed by atoms with van der Waals surface area (Å²) in [6, 6.07) is 8.74. The molecule has 0 saturated heterocycles. The van der Waals surface area contributed by atoms with Gasteiger partial charge in [0.1, 0.15) is 0 Å². The maximum atomic E-state index is 2.24. The molecule has 0 unspecified atom stereocenters. The minimum atomic E-state index is 0. The Labute approximate surface area is 98.7 Å². The van der Waals surface area contributed by atoms with Gasteiger partial charge in [-0.2, -0.15) is 0 Å². The molecule has 0 nitrogen and oxygen atoms in total. The summed E-state index contributed by atoms with van der Waals surface area (Å²) in [5.41, 5.74) is 3.13. The monoisotopic (exact) mass is 290 g/mol. The molecular formula is C9H10Cl2Ru. The molecule has 1 aliphatic carbocycles. The molecule has 3 heteroatoms. The van der Waals surface area contributed by atoms with E-state index in [-0.39, 0.29) is 44.3 Å². The first-order valence-electron chi connectivity index (χ1n) is 3.53. The number of halogens is 2. The van der Waals surface area contributed by atoms with Crippen molar-refractivity contribution in [3.63, 3.8) is 0 Å². The van der Waals surface area contributed by atoms with Crippen LogP contribution in [-0.2, 0) is 32.3 Å². The van der Waals surface area contributed by atoms with Gasteiger partial charge in [0.25, 0.3) is 0 Å². The van der Waals surface area contributed by atoms with E-state index in [9.17, 15) is 0 Å². The van der Waals surface area contributed by atoms with Gasteiger partial charge >= 0.3 is 19.5 Å². The minimum absolute atomic E-state index is 0. The molecule has 0 atom stereocenters. The van der Waals surface area contributed by atoms with E-state index in [1.807, 2.05) is 0 Å². The first kappa shape index (κ1) is 14.9. The summed E-state index contributed by atoms with van der Waals surface area (Å²) in [5.74, 6) is 0. The van der Waals surface area contributed by atoms with Crippen LogP contribution in [0.2, 0.25) is 0 Å². The largest absolute Gasteiger partial charge is 2.00 e. The van der Waals surface area contributed by atoms with E-state index < -0.39 is 0 Å². The standard InChI is InChI=1S/C9H10.2ClH.Ru/c1-2-5-9-7-3-6-8(9)4-1;;;/h1-2,4-5H,3,6-7H2;2*1H;/q;;;+2/p-2. The van der Waals surface area contributed by atoms with Crippen LogP contribution in [0.1, 0.15) is 17.5 Å². The minimum Gasteiger partial charge on any atom is -1.00 e. The molecule has 0 saturated carbocycles. The van der Waals surface area contributed by atoms with Gasteiger partial charge in [-0.1, -0.05) is 24.3 Å². The summed E-state index contributed by atoms with van der Waals surface area (Å²) in [6.45, 7) is 0. The van der Waals surface area contributed by atoms with Gasteiger partial charge in [0, 0.05) is 0 Å². The normalized spacial score (nSPS) is 11.7. The van der Waals surface area contributed by atoms with Gasteiger partial charge in [0.15, 0.2) is 0 Å². The van der Waals surface area contributed by atoms with E-state index in [0.717, 1.165) is 0 Å². The zero-order valence-electron chi connectivity index (χ0n) is 6.54. The van der Waals surface area contributed by atoms with Crippen molar-refractivity contribution < 1.29 is 44.3 Å². The van der Waals surface area contributed by atoms with E-state index >= 15 is 0 Å². The fraction of sp³-hybridized carbons (Fsp3) is 0.333. The van der Waals surface area contributed by atoms with E-state index in [4.69, 9.17) is 0 Å². The van der Waals surface area contributed by atoms with Crippen molar-refractivity contribution in [1.82, 2.24) is 0 Å². The second-order valence-electron chi connectivity index (χ2n) is 2.62. The molecule has 0 heterocycles. The average molecular weight is 290 g/mol. The number of rotatable bonds is 0. The molecule has 1 aromatic rings. The number of aryl methyl sites for hydroxylation is 2. The summed E-state index contributed by atoms with van der Waals surface area (Å²) in [7, 11) is 0. The van der Waals surface area contributed by atoms with Crippen molar-refractivity contribution in [3.05, 3.63) is 35.4 Å². The van der Waals surface area contributed by atoms with Crippen molar-refractivity contribution in [2.45, 2.75) is 19.3 Å². The number of benzene rings is 1. The molecule has 1 aromatic carbocycles. The third-order valence-electron chi connectivity index (χ3n) is 2.01. The van der Waals surface area contributed by atoms with Crippen LogP contribution in [0.5, 0.6) is 0 Å². The Hall–Kier alpha value is 0.423. The molecule has 12 heavy (non-hydrogen) atoms. The predicted octanol–water partition coefficient (Wildman–Crippen LogP) is -3.82. The van der Waals surface area contributed by atoms with Crippen LogP contribution in [0.15, 0.2) is 24.3 Å². The Bertz CT molecular complexity index is 203. The maximum absolute atomic E-state index is 2.24. The quantitative estimate of drug-likeness (QED) is 0.430. The van der Waals surface area contributed by atoms with Crippen LogP contribution in [0.4, 0.5) is 0 Å². The molecule has 0 N–H and O–H groups in total. The zero-order chi connectivity index (χ0) is 6.10. The van der Waals surface area contributed by atoms with Crippen LogP contribution >= 0.6 is 0 Å². The van der Waals surface area contributed by atoms with Crippen LogP contribution in [0.3, 0.4) is 0 Å². The molecular weight excluding hydrogens is 280 g/mol. The molecule has 0 radical (unpaired) electrons. The number of fused-ring (bicyclic) bond motifs is 1. The van der Waals surface area contributed by atoms with Crippen molar-refractivity contribution in [3.8, 4) is 0 Å². The Morgan fingerprint density at radius 1 is 0.833 bits per heavy atom. The third kappa shape index (κ3) is 3.05. The van der Waals surface area contributed by atoms with Gasteiger partial charge in [-0.25, -0.2) is 0 Å². The molecule has 0 aliphatic heterocycles. The van der Waals surface area contributed by atoms with Gasteiger partial charge in [-0.3, -0.25) is 0 Å². The van der Waals surface area contributed by atoms with Crippen LogP contribution in [0, 0.1) is 0 Å². The molecule has 1 aliphatic rings. The Morgan fingerprint density at radius 2 is 1.25 bits per heavy atom. The summed E-state index contributed by atoms with van der Waals surface area (Å²) in [6.07, 6.45) is 3.96. The topological polar surface area (TPSA) is 0 Å². The Kier molecular flexibility index (Phi) is 8.56. The first-order chi connectivity index (χ1) is 4.47. The summed E-state index contributed by atoms with van der Waals surface area (Å²) >= 11 is 0. The maximum Gasteiger partial charge on any atom is 2.00 e. The van der Waals surface area contributed by atoms with Crippen molar-refractivity contribution in [2.75, 3.05) is 0 Å². The number of hydrogen-bond donors (Lipinski definition) is 0. The third-order valence-corrected chi connectivity index (χ3v) is 2.01. The SMILES string of the molecule is [Cl-].[Cl-].[Ru+2].c1ccc2c(c1)CCC2. The van der Waals surface area contributed by atoms with Gasteiger partial charge in [-0.15, -0.1) is 0 Å². The summed E-state index contributed by atoms with van der Waals surface area (Å²) in [4.78, 5) is 0. The van der Waals surface area contributed by atoms with Crippen LogP contribution < -0.4 is 24.8 Å². The smallest absolute Gasteiger partial charge is 1.00 e. The fourth-order valence-electron chi connectivity index (χ4n) is 1.51. The van der Waals surface area contributed by atoms with Gasteiger partial charge in [0.2, 0.25) is 0 Å². The second kappa shape index (κ2) is 6.89. The van der Waals surface area contributed by atoms with Crippen LogP contribution in [-0.4, -0.2) is 0 Å². The van der Waals surface area contributed by atoms with Gasteiger partial charge in [0.05, 0.1) is 0 Å². The average Bonchev–Trinajstić information content (AvgIpc) is 2.33. The first-order valence-corrected chi connectivity index (χ1v) is 3.53. The zero-order valence-corrected chi connectivity index (χ0v) is 9.79. The molecule has 0 fully saturated rings.